The van der Waals surface area contributed by atoms with Crippen LogP contribution < -0.4 is 4.90 Å². The van der Waals surface area contributed by atoms with Gasteiger partial charge < -0.3 is 4.90 Å². The Kier molecular flexibility index (Phi) is 3.08. The smallest absolute Gasteiger partial charge is 0.139 e. The van der Waals surface area contributed by atoms with Crippen molar-refractivity contribution in [3.63, 3.8) is 0 Å². The van der Waals surface area contributed by atoms with E-state index in [1.165, 1.54) is 0 Å². The second-order valence-corrected chi connectivity index (χ2v) is 5.50. The summed E-state index contributed by atoms with van der Waals surface area (Å²) in [6, 6.07) is 8.12. The van der Waals surface area contributed by atoms with Gasteiger partial charge in [-0.25, -0.2) is 9.97 Å². The first-order valence-corrected chi connectivity index (χ1v) is 6.78. The molecule has 1 saturated heterocycles. The molecule has 0 bridgehead atoms. The van der Waals surface area contributed by atoms with Crippen molar-refractivity contribution < 1.29 is 0 Å². The molecule has 1 fully saturated rings. The van der Waals surface area contributed by atoms with Crippen LogP contribution in [0.15, 0.2) is 30.6 Å². The summed E-state index contributed by atoms with van der Waals surface area (Å²) in [5, 5.41) is 1.31. The molecule has 0 radical (unpaired) electrons. The van der Waals surface area contributed by atoms with Crippen LogP contribution >= 0.6 is 11.6 Å². The molecule has 0 aliphatic carbocycles. The van der Waals surface area contributed by atoms with Crippen LogP contribution in [0.2, 0.25) is 0 Å². The van der Waals surface area contributed by atoms with Gasteiger partial charge in [-0.3, -0.25) is 0 Å². The van der Waals surface area contributed by atoms with Crippen LogP contribution in [0.5, 0.6) is 0 Å². The van der Waals surface area contributed by atoms with Crippen LogP contribution in [-0.4, -0.2) is 28.4 Å². The highest BCUT2D eigenvalue weighted by atomic mass is 35.5. The van der Waals surface area contributed by atoms with Crippen LogP contribution in [0, 0.1) is 5.92 Å². The van der Waals surface area contributed by atoms with Crippen LogP contribution in [0.3, 0.4) is 0 Å². The van der Waals surface area contributed by atoms with E-state index in [1.54, 1.807) is 6.33 Å². The second kappa shape index (κ2) is 4.73. The molecule has 0 amide bonds. The molecule has 0 spiro atoms. The van der Waals surface area contributed by atoms with Gasteiger partial charge in [0, 0.05) is 18.5 Å². The minimum absolute atomic E-state index is 0.201. The van der Waals surface area contributed by atoms with Crippen molar-refractivity contribution in [3.8, 4) is 0 Å². The third kappa shape index (κ3) is 2.03. The van der Waals surface area contributed by atoms with Gasteiger partial charge in [-0.05, 0) is 24.5 Å². The maximum atomic E-state index is 6.38. The van der Waals surface area contributed by atoms with Gasteiger partial charge in [0.15, 0.2) is 0 Å². The minimum Gasteiger partial charge on any atom is -0.355 e. The van der Waals surface area contributed by atoms with E-state index in [-0.39, 0.29) is 5.38 Å². The number of fused-ring (bicyclic) bond motifs is 1. The number of para-hydroxylation sites is 1. The normalized spacial score (nSPS) is 24.4. The van der Waals surface area contributed by atoms with E-state index in [0.717, 1.165) is 36.2 Å². The van der Waals surface area contributed by atoms with Crippen molar-refractivity contribution in [1.82, 2.24) is 9.97 Å². The molecule has 1 aromatic carbocycles. The SMILES string of the molecule is CC1CCN(c2ncnc3ccccc23)CC1Cl. The third-order valence-electron chi connectivity index (χ3n) is 3.69. The fourth-order valence-corrected chi connectivity index (χ4v) is 2.75. The number of aromatic nitrogens is 2. The molecular formula is C14H16ClN3. The van der Waals surface area contributed by atoms with Crippen LogP contribution in [0.25, 0.3) is 10.9 Å². The molecular weight excluding hydrogens is 246 g/mol. The molecule has 4 heteroatoms. The van der Waals surface area contributed by atoms with Gasteiger partial charge >= 0.3 is 0 Å². The molecule has 1 aliphatic heterocycles. The molecule has 1 aliphatic rings. The van der Waals surface area contributed by atoms with Crippen molar-refractivity contribution in [2.45, 2.75) is 18.7 Å². The second-order valence-electron chi connectivity index (χ2n) is 4.94. The largest absolute Gasteiger partial charge is 0.355 e. The van der Waals surface area contributed by atoms with Crippen molar-refractivity contribution >= 4 is 28.3 Å². The maximum absolute atomic E-state index is 6.38. The van der Waals surface area contributed by atoms with Gasteiger partial charge in [-0.15, -0.1) is 11.6 Å². The Balaban J connectivity index is 1.99. The van der Waals surface area contributed by atoms with Gasteiger partial charge in [-0.2, -0.15) is 0 Å². The molecule has 2 unspecified atom stereocenters. The summed E-state index contributed by atoms with van der Waals surface area (Å²) in [7, 11) is 0. The molecule has 0 saturated carbocycles. The number of benzene rings is 1. The molecule has 2 atom stereocenters. The van der Waals surface area contributed by atoms with E-state index in [1.807, 2.05) is 18.2 Å². The highest BCUT2D eigenvalue weighted by Gasteiger charge is 2.26. The number of piperidine rings is 1. The quantitative estimate of drug-likeness (QED) is 0.739. The van der Waals surface area contributed by atoms with Crippen LogP contribution in [0.4, 0.5) is 5.82 Å². The molecule has 3 rings (SSSR count). The van der Waals surface area contributed by atoms with Gasteiger partial charge in [0.1, 0.15) is 12.1 Å². The van der Waals surface area contributed by atoms with E-state index in [2.05, 4.69) is 27.9 Å². The highest BCUT2D eigenvalue weighted by molar-refractivity contribution is 6.21. The monoisotopic (exact) mass is 261 g/mol. The molecule has 18 heavy (non-hydrogen) atoms. The maximum Gasteiger partial charge on any atom is 0.139 e. The lowest BCUT2D eigenvalue weighted by Gasteiger charge is -2.35. The zero-order chi connectivity index (χ0) is 12.5. The first-order chi connectivity index (χ1) is 8.75. The lowest BCUT2D eigenvalue weighted by atomic mass is 9.98. The van der Waals surface area contributed by atoms with Gasteiger partial charge in [0.25, 0.3) is 0 Å². The summed E-state index contributed by atoms with van der Waals surface area (Å²) in [4.78, 5) is 11.0. The van der Waals surface area contributed by atoms with Gasteiger partial charge in [-0.1, -0.05) is 19.1 Å². The summed E-state index contributed by atoms with van der Waals surface area (Å²) in [6.07, 6.45) is 2.76. The molecule has 2 aromatic rings. The number of hydrogen-bond acceptors (Lipinski definition) is 3. The molecule has 0 N–H and O–H groups in total. The minimum atomic E-state index is 0.201. The van der Waals surface area contributed by atoms with Crippen molar-refractivity contribution in [1.29, 1.82) is 0 Å². The van der Waals surface area contributed by atoms with Crippen molar-refractivity contribution in [3.05, 3.63) is 30.6 Å². The number of alkyl halides is 1. The van der Waals surface area contributed by atoms with E-state index in [0.29, 0.717) is 5.92 Å². The Morgan fingerprint density at radius 1 is 1.28 bits per heavy atom. The van der Waals surface area contributed by atoms with E-state index >= 15 is 0 Å². The number of hydrogen-bond donors (Lipinski definition) is 0. The predicted octanol–water partition coefficient (Wildman–Crippen LogP) is 3.08. The Labute approximate surface area is 112 Å². The van der Waals surface area contributed by atoms with Crippen molar-refractivity contribution in [2.24, 2.45) is 5.92 Å². The summed E-state index contributed by atoms with van der Waals surface area (Å²) in [5.74, 6) is 1.59. The first kappa shape index (κ1) is 11.7. The predicted molar refractivity (Wildman–Crippen MR) is 75.2 cm³/mol. The number of nitrogens with zero attached hydrogens (tertiary/aromatic N) is 3. The number of halogens is 1. The van der Waals surface area contributed by atoms with E-state index in [9.17, 15) is 0 Å². The number of anilines is 1. The topological polar surface area (TPSA) is 29.0 Å². The van der Waals surface area contributed by atoms with Crippen molar-refractivity contribution in [2.75, 3.05) is 18.0 Å². The van der Waals surface area contributed by atoms with Gasteiger partial charge in [0.05, 0.1) is 10.9 Å². The average molecular weight is 262 g/mol. The molecule has 3 nitrogen and oxygen atoms in total. The fourth-order valence-electron chi connectivity index (χ4n) is 2.46. The van der Waals surface area contributed by atoms with Crippen LogP contribution in [0.1, 0.15) is 13.3 Å². The molecule has 1 aromatic heterocycles. The fraction of sp³-hybridized carbons (Fsp3) is 0.429. The Morgan fingerprint density at radius 2 is 2.11 bits per heavy atom. The Morgan fingerprint density at radius 3 is 2.94 bits per heavy atom. The molecule has 94 valence electrons. The highest BCUT2D eigenvalue weighted by Crippen LogP contribution is 2.29. The zero-order valence-corrected chi connectivity index (χ0v) is 11.1. The molecule has 2 heterocycles. The first-order valence-electron chi connectivity index (χ1n) is 6.34. The number of rotatable bonds is 1. The zero-order valence-electron chi connectivity index (χ0n) is 10.4. The Hall–Kier alpha value is -1.35. The van der Waals surface area contributed by atoms with E-state index < -0.39 is 0 Å². The third-order valence-corrected chi connectivity index (χ3v) is 4.26. The van der Waals surface area contributed by atoms with E-state index in [4.69, 9.17) is 11.6 Å². The Bertz CT molecular complexity index is 552. The summed E-state index contributed by atoms with van der Waals surface area (Å²) in [6.45, 7) is 4.10. The average Bonchev–Trinajstić information content (AvgIpc) is 2.41. The summed E-state index contributed by atoms with van der Waals surface area (Å²) in [5.41, 5.74) is 0.993. The lowest BCUT2D eigenvalue weighted by Crippen LogP contribution is -2.40. The lowest BCUT2D eigenvalue weighted by molar-refractivity contribution is 0.444. The summed E-state index contributed by atoms with van der Waals surface area (Å²) < 4.78 is 0. The van der Waals surface area contributed by atoms with Crippen LogP contribution in [-0.2, 0) is 0 Å². The van der Waals surface area contributed by atoms with Gasteiger partial charge in [0.2, 0.25) is 0 Å². The standard InChI is InChI=1S/C14H16ClN3/c1-10-6-7-18(8-12(10)15)14-11-4-2-3-5-13(11)16-9-17-14/h2-5,9-10,12H,6-8H2,1H3. The summed E-state index contributed by atoms with van der Waals surface area (Å²) >= 11 is 6.38.